The van der Waals surface area contributed by atoms with Gasteiger partial charge >= 0.3 is 5.97 Å². The molecule has 0 fully saturated rings. The fraction of sp³-hybridized carbons (Fsp3) is 0.242. The van der Waals surface area contributed by atoms with Crippen LogP contribution in [0.5, 0.6) is 0 Å². The molecule has 0 spiro atoms. The Morgan fingerprint density at radius 1 is 0.703 bits per heavy atom. The summed E-state index contributed by atoms with van der Waals surface area (Å²) < 4.78 is 6.21. The van der Waals surface area contributed by atoms with Crippen molar-refractivity contribution < 1.29 is 14.6 Å². The normalized spacial score (nSPS) is 14.4. The summed E-state index contributed by atoms with van der Waals surface area (Å²) >= 11 is 0. The third kappa shape index (κ3) is 5.31. The summed E-state index contributed by atoms with van der Waals surface area (Å²) in [6.45, 7) is 8.69. The van der Waals surface area contributed by atoms with E-state index in [-0.39, 0.29) is 11.0 Å². The number of aliphatic hydroxyl groups excluding tert-OH is 1. The second-order valence-electron chi connectivity index (χ2n) is 10.7. The highest BCUT2D eigenvalue weighted by Gasteiger charge is 2.55. The van der Waals surface area contributed by atoms with Gasteiger partial charge in [0.25, 0.3) is 0 Å². The van der Waals surface area contributed by atoms with Crippen LogP contribution in [0.25, 0.3) is 0 Å². The number of carbonyl (C=O) groups excluding carboxylic acids is 1. The van der Waals surface area contributed by atoms with Crippen LogP contribution in [0.4, 0.5) is 0 Å². The molecule has 0 aromatic heterocycles. The van der Waals surface area contributed by atoms with Gasteiger partial charge in [0, 0.05) is 5.92 Å². The smallest absolute Gasteiger partial charge is 0.338 e. The van der Waals surface area contributed by atoms with Gasteiger partial charge in [-0.2, -0.15) is 0 Å². The van der Waals surface area contributed by atoms with Gasteiger partial charge in [-0.1, -0.05) is 147 Å². The first-order valence-corrected chi connectivity index (χ1v) is 14.9. The Labute approximate surface area is 221 Å². The van der Waals surface area contributed by atoms with E-state index in [4.69, 9.17) is 4.74 Å². The number of esters is 1. The molecule has 0 saturated heterocycles. The van der Waals surface area contributed by atoms with E-state index >= 15 is 0 Å². The topological polar surface area (TPSA) is 46.5 Å². The maximum atomic E-state index is 13.2. The molecule has 37 heavy (non-hydrogen) atoms. The predicted molar refractivity (Wildman–Crippen MR) is 154 cm³/mol. The molecule has 0 aliphatic carbocycles. The highest BCUT2D eigenvalue weighted by molar-refractivity contribution is 7.05. The van der Waals surface area contributed by atoms with E-state index in [0.717, 1.165) is 15.9 Å². The molecular formula is C33H36O3Si. The molecule has 4 heteroatoms. The van der Waals surface area contributed by atoms with Crippen molar-refractivity contribution >= 4 is 24.4 Å². The lowest BCUT2D eigenvalue weighted by Gasteiger charge is -2.49. The van der Waals surface area contributed by atoms with Crippen molar-refractivity contribution in [2.45, 2.75) is 44.6 Å². The van der Waals surface area contributed by atoms with E-state index in [9.17, 15) is 9.90 Å². The third-order valence-corrected chi connectivity index (χ3v) is 13.7. The SMILES string of the molecule is C[C@H]([C@@H](O)[Si](c1ccccc1)(c1ccccc1)C(C)(C)C)[C@@H](OC(=O)c1ccccc1)c1ccccc1. The second kappa shape index (κ2) is 11.3. The minimum Gasteiger partial charge on any atom is -0.454 e. The van der Waals surface area contributed by atoms with Gasteiger partial charge in [-0.25, -0.2) is 4.79 Å². The van der Waals surface area contributed by atoms with Crippen LogP contribution in [0.2, 0.25) is 5.04 Å². The van der Waals surface area contributed by atoms with Crippen LogP contribution in [0, 0.1) is 5.92 Å². The molecule has 0 unspecified atom stereocenters. The number of ether oxygens (including phenoxy) is 1. The van der Waals surface area contributed by atoms with Crippen LogP contribution in [0.1, 0.15) is 49.7 Å². The summed E-state index contributed by atoms with van der Waals surface area (Å²) in [7, 11) is -2.88. The van der Waals surface area contributed by atoms with Gasteiger partial charge < -0.3 is 9.84 Å². The Bertz CT molecular complexity index is 1230. The van der Waals surface area contributed by atoms with Crippen molar-refractivity contribution in [2.24, 2.45) is 5.92 Å². The number of hydrogen-bond acceptors (Lipinski definition) is 3. The Hall–Kier alpha value is -3.47. The monoisotopic (exact) mass is 508 g/mol. The fourth-order valence-electron chi connectivity index (χ4n) is 5.66. The van der Waals surface area contributed by atoms with Gasteiger partial charge in [0.1, 0.15) is 6.10 Å². The van der Waals surface area contributed by atoms with E-state index in [2.05, 4.69) is 45.0 Å². The first-order valence-electron chi connectivity index (χ1n) is 12.9. The Morgan fingerprint density at radius 2 is 1.11 bits per heavy atom. The van der Waals surface area contributed by atoms with Crippen molar-refractivity contribution in [1.82, 2.24) is 0 Å². The maximum Gasteiger partial charge on any atom is 0.338 e. The van der Waals surface area contributed by atoms with Gasteiger partial charge in [-0.15, -0.1) is 0 Å². The quantitative estimate of drug-likeness (QED) is 0.228. The number of hydrogen-bond donors (Lipinski definition) is 1. The number of carbonyl (C=O) groups is 1. The van der Waals surface area contributed by atoms with Crippen LogP contribution < -0.4 is 10.4 Å². The number of rotatable bonds is 8. The molecule has 1 N–H and O–H groups in total. The molecule has 4 aromatic rings. The second-order valence-corrected chi connectivity index (χ2v) is 15.6. The first kappa shape index (κ1) is 26.6. The van der Waals surface area contributed by atoms with Crippen molar-refractivity contribution in [3.63, 3.8) is 0 Å². The highest BCUT2D eigenvalue weighted by Crippen LogP contribution is 2.43. The Morgan fingerprint density at radius 3 is 1.54 bits per heavy atom. The summed E-state index contributed by atoms with van der Waals surface area (Å²) in [5.74, 6) is -0.766. The lowest BCUT2D eigenvalue weighted by Crippen LogP contribution is -2.73. The molecule has 0 aliphatic heterocycles. The summed E-state index contributed by atoms with van der Waals surface area (Å²) in [6.07, 6.45) is -0.620. The zero-order valence-corrected chi connectivity index (χ0v) is 23.0. The van der Waals surface area contributed by atoms with E-state index in [1.54, 1.807) is 12.1 Å². The van der Waals surface area contributed by atoms with Crippen LogP contribution >= 0.6 is 0 Å². The van der Waals surface area contributed by atoms with Gasteiger partial charge in [-0.05, 0) is 22.7 Å². The van der Waals surface area contributed by atoms with Gasteiger partial charge in [0.05, 0.1) is 11.3 Å². The molecule has 0 saturated carbocycles. The average molecular weight is 509 g/mol. The van der Waals surface area contributed by atoms with Crippen LogP contribution in [-0.2, 0) is 4.74 Å². The van der Waals surface area contributed by atoms with Crippen molar-refractivity contribution in [3.8, 4) is 0 Å². The van der Waals surface area contributed by atoms with Crippen molar-refractivity contribution in [1.29, 1.82) is 0 Å². The predicted octanol–water partition coefficient (Wildman–Crippen LogP) is 6.18. The first-order chi connectivity index (χ1) is 17.8. The summed E-state index contributed by atoms with van der Waals surface area (Å²) in [5.41, 5.74) is 0.623. The largest absolute Gasteiger partial charge is 0.454 e. The fourth-order valence-corrected chi connectivity index (χ4v) is 11.7. The zero-order chi connectivity index (χ0) is 26.5. The van der Waals surface area contributed by atoms with E-state index in [0.29, 0.717) is 5.56 Å². The highest BCUT2D eigenvalue weighted by atomic mass is 28.3. The molecule has 3 nitrogen and oxygen atoms in total. The van der Waals surface area contributed by atoms with Gasteiger partial charge in [-0.3, -0.25) is 0 Å². The lowest BCUT2D eigenvalue weighted by atomic mass is 9.97. The molecule has 3 atom stereocenters. The lowest BCUT2D eigenvalue weighted by molar-refractivity contribution is -0.00113. The molecule has 0 radical (unpaired) electrons. The Kier molecular flexibility index (Phi) is 8.11. The standard InChI is InChI=1S/C33H36O3Si/c1-25(30(26-17-9-5-10-18-26)36-31(34)27-19-11-6-12-20-27)32(35)37(33(2,3)4,28-21-13-7-14-22-28)29-23-15-8-16-24-29/h5-25,30,32,35H,1-4H3/t25-,30+,32-/m0/s1. The van der Waals surface area contributed by atoms with Crippen molar-refractivity contribution in [3.05, 3.63) is 132 Å². The number of benzene rings is 4. The average Bonchev–Trinajstić information content (AvgIpc) is 2.93. The van der Waals surface area contributed by atoms with Crippen molar-refractivity contribution in [2.75, 3.05) is 0 Å². The molecule has 0 heterocycles. The van der Waals surface area contributed by atoms with Crippen LogP contribution in [-0.4, -0.2) is 24.9 Å². The maximum absolute atomic E-state index is 13.2. The molecule has 190 valence electrons. The van der Waals surface area contributed by atoms with Crippen LogP contribution in [0.3, 0.4) is 0 Å². The minimum atomic E-state index is -2.88. The Balaban J connectivity index is 1.86. The summed E-state index contributed by atoms with van der Waals surface area (Å²) in [5, 5.41) is 14.6. The minimum absolute atomic E-state index is 0.242. The summed E-state index contributed by atoms with van der Waals surface area (Å²) in [6, 6.07) is 39.6. The number of aliphatic hydroxyl groups is 1. The van der Waals surface area contributed by atoms with E-state index in [1.165, 1.54) is 0 Å². The molecular weight excluding hydrogens is 472 g/mol. The molecule has 4 aromatic carbocycles. The van der Waals surface area contributed by atoms with Crippen LogP contribution in [0.15, 0.2) is 121 Å². The summed E-state index contributed by atoms with van der Waals surface area (Å²) in [4.78, 5) is 13.2. The third-order valence-electron chi connectivity index (χ3n) is 7.43. The van der Waals surface area contributed by atoms with E-state index < -0.39 is 25.9 Å². The van der Waals surface area contributed by atoms with E-state index in [1.807, 2.05) is 91.9 Å². The van der Waals surface area contributed by atoms with Gasteiger partial charge in [0.2, 0.25) is 0 Å². The van der Waals surface area contributed by atoms with Gasteiger partial charge in [0.15, 0.2) is 8.07 Å². The molecule has 0 amide bonds. The molecule has 4 rings (SSSR count). The molecule has 0 bridgehead atoms. The molecule has 0 aliphatic rings. The zero-order valence-electron chi connectivity index (χ0n) is 22.0.